The molecule has 1 aromatic heterocycles. The molecule has 0 bridgehead atoms. The van der Waals surface area contributed by atoms with Crippen molar-refractivity contribution in [2.75, 3.05) is 31.4 Å². The second-order valence-electron chi connectivity index (χ2n) is 6.45. The lowest BCUT2D eigenvalue weighted by Gasteiger charge is -2.11. The third kappa shape index (κ3) is 12.2. The minimum atomic E-state index is -0.472. The zero-order valence-electron chi connectivity index (χ0n) is 19.4. The van der Waals surface area contributed by atoms with Crippen molar-refractivity contribution in [3.05, 3.63) is 72.1 Å². The van der Waals surface area contributed by atoms with E-state index in [2.05, 4.69) is 51.0 Å². The van der Waals surface area contributed by atoms with Crippen LogP contribution in [0.1, 0.15) is 48.3 Å². The summed E-state index contributed by atoms with van der Waals surface area (Å²) in [6, 6.07) is 7.05. The van der Waals surface area contributed by atoms with Gasteiger partial charge in [0.1, 0.15) is 0 Å². The van der Waals surface area contributed by atoms with Crippen LogP contribution < -0.4 is 16.4 Å². The van der Waals surface area contributed by atoms with Crippen molar-refractivity contribution >= 4 is 24.0 Å². The highest BCUT2D eigenvalue weighted by Crippen LogP contribution is 2.18. The number of primary amides is 1. The summed E-state index contributed by atoms with van der Waals surface area (Å²) in [6.45, 7) is 8.45. The number of methoxy groups -OCH3 is 1. The number of nitrogens with one attached hydrogen (secondary N) is 2. The van der Waals surface area contributed by atoms with Crippen LogP contribution in [0.3, 0.4) is 0 Å². The molecule has 0 aliphatic heterocycles. The smallest absolute Gasteiger partial charge is 0.248 e. The molecule has 2 aromatic rings. The van der Waals surface area contributed by atoms with Gasteiger partial charge in [0.05, 0.1) is 11.9 Å². The first kappa shape index (κ1) is 28.5. The fourth-order valence-electron chi connectivity index (χ4n) is 2.37. The molecular weight excluding hydrogens is 406 g/mol. The Balaban J connectivity index is 0.00000104. The van der Waals surface area contributed by atoms with Crippen LogP contribution in [-0.4, -0.2) is 43.0 Å². The predicted molar refractivity (Wildman–Crippen MR) is 131 cm³/mol. The van der Waals surface area contributed by atoms with Crippen LogP contribution in [0.5, 0.6) is 0 Å². The number of anilines is 2. The third-order valence-corrected chi connectivity index (χ3v) is 3.73. The molecule has 1 aromatic carbocycles. The van der Waals surface area contributed by atoms with Crippen molar-refractivity contribution in [3.63, 3.8) is 0 Å². The van der Waals surface area contributed by atoms with Crippen LogP contribution in [-0.2, 0) is 16.0 Å². The second-order valence-corrected chi connectivity index (χ2v) is 6.45. The molecule has 0 aliphatic rings. The molecule has 0 saturated heterocycles. The van der Waals surface area contributed by atoms with E-state index in [9.17, 15) is 9.59 Å². The minimum Gasteiger partial charge on any atom is -0.388 e. The highest BCUT2D eigenvalue weighted by atomic mass is 16.4. The SMILES string of the molecule is C/C=C\CC.C=CCCNc1nc(Cc2cccc(C(N)=O)c2)cnc1NC=O.COC. The van der Waals surface area contributed by atoms with E-state index < -0.39 is 5.91 Å². The van der Waals surface area contributed by atoms with Crippen molar-refractivity contribution < 1.29 is 14.3 Å². The van der Waals surface area contributed by atoms with E-state index in [-0.39, 0.29) is 0 Å². The highest BCUT2D eigenvalue weighted by Gasteiger charge is 2.08. The first-order valence-corrected chi connectivity index (χ1v) is 10.3. The summed E-state index contributed by atoms with van der Waals surface area (Å²) < 4.78 is 4.25. The Hall–Kier alpha value is -3.52. The lowest BCUT2D eigenvalue weighted by Crippen LogP contribution is -2.12. The number of nitrogens with two attached hydrogens (primary N) is 1. The molecule has 0 atom stereocenters. The summed E-state index contributed by atoms with van der Waals surface area (Å²) in [5.74, 6) is 0.386. The van der Waals surface area contributed by atoms with Gasteiger partial charge < -0.3 is 21.1 Å². The number of aromatic nitrogens is 2. The van der Waals surface area contributed by atoms with Gasteiger partial charge in [-0.15, -0.1) is 6.58 Å². The van der Waals surface area contributed by atoms with Crippen molar-refractivity contribution in [1.29, 1.82) is 0 Å². The Labute approximate surface area is 191 Å². The molecule has 1 heterocycles. The van der Waals surface area contributed by atoms with E-state index in [4.69, 9.17) is 5.73 Å². The fourth-order valence-corrected chi connectivity index (χ4v) is 2.37. The van der Waals surface area contributed by atoms with E-state index in [1.54, 1.807) is 44.7 Å². The molecular formula is C24H35N5O3. The maximum Gasteiger partial charge on any atom is 0.248 e. The number of rotatable bonds is 10. The number of benzene rings is 1. The van der Waals surface area contributed by atoms with Gasteiger partial charge >= 0.3 is 0 Å². The molecule has 0 saturated carbocycles. The van der Waals surface area contributed by atoms with Crippen molar-refractivity contribution in [2.45, 2.75) is 33.1 Å². The van der Waals surface area contributed by atoms with E-state index in [1.807, 2.05) is 13.0 Å². The highest BCUT2D eigenvalue weighted by molar-refractivity contribution is 5.92. The molecule has 174 valence electrons. The molecule has 2 amide bonds. The molecule has 8 nitrogen and oxygen atoms in total. The van der Waals surface area contributed by atoms with Crippen LogP contribution in [0.15, 0.2) is 55.3 Å². The maximum atomic E-state index is 11.3. The zero-order valence-corrected chi connectivity index (χ0v) is 19.4. The fraction of sp³-hybridized carbons (Fsp3) is 0.333. The Morgan fingerprint density at radius 3 is 2.53 bits per heavy atom. The first-order valence-electron chi connectivity index (χ1n) is 10.3. The number of amides is 2. The molecule has 32 heavy (non-hydrogen) atoms. The number of hydrogen-bond donors (Lipinski definition) is 3. The normalized spacial score (nSPS) is 9.62. The number of hydrogen-bond acceptors (Lipinski definition) is 6. The second kappa shape index (κ2) is 18.3. The van der Waals surface area contributed by atoms with E-state index >= 15 is 0 Å². The lowest BCUT2D eigenvalue weighted by atomic mass is 10.1. The number of carbonyl (C=O) groups is 2. The maximum absolute atomic E-state index is 11.3. The summed E-state index contributed by atoms with van der Waals surface area (Å²) in [5, 5.41) is 5.63. The van der Waals surface area contributed by atoms with Crippen molar-refractivity contribution in [1.82, 2.24) is 9.97 Å². The van der Waals surface area contributed by atoms with Gasteiger partial charge in [-0.25, -0.2) is 9.97 Å². The summed E-state index contributed by atoms with van der Waals surface area (Å²) in [4.78, 5) is 30.6. The Bertz CT molecular complexity index is 853. The standard InChI is InChI=1S/C17H19N5O2.C5H10.C2H6O/c1-2-3-7-19-17-16(21-11-23)20-10-14(22-17)9-12-5-4-6-13(8-12)15(18)24;1-3-5-4-2;1-3-2/h2,4-6,8,10-11H,1,3,7,9H2,(H2,18,24)(H,19,22)(H,20,21,23);3,5H,4H2,1-2H3;1-2H3/b;5-3-;. The van der Waals surface area contributed by atoms with Crippen LogP contribution >= 0.6 is 0 Å². The van der Waals surface area contributed by atoms with Gasteiger partial charge in [0.15, 0.2) is 11.6 Å². The van der Waals surface area contributed by atoms with Gasteiger partial charge in [0.25, 0.3) is 0 Å². The molecule has 0 fully saturated rings. The van der Waals surface area contributed by atoms with Gasteiger partial charge in [0.2, 0.25) is 12.3 Å². The van der Waals surface area contributed by atoms with Crippen molar-refractivity contribution in [3.8, 4) is 0 Å². The molecule has 8 heteroatoms. The average Bonchev–Trinajstić information content (AvgIpc) is 2.77. The summed E-state index contributed by atoms with van der Waals surface area (Å²) in [7, 11) is 3.25. The Morgan fingerprint density at radius 1 is 1.28 bits per heavy atom. The van der Waals surface area contributed by atoms with Gasteiger partial charge in [-0.1, -0.05) is 37.3 Å². The quantitative estimate of drug-likeness (QED) is 0.292. The van der Waals surface area contributed by atoms with Crippen molar-refractivity contribution in [2.24, 2.45) is 5.73 Å². The Kier molecular flexibility index (Phi) is 16.3. The third-order valence-electron chi connectivity index (χ3n) is 3.73. The van der Waals surface area contributed by atoms with Gasteiger partial charge in [-0.3, -0.25) is 9.59 Å². The summed E-state index contributed by atoms with van der Waals surface area (Å²) in [5.41, 5.74) is 7.34. The van der Waals surface area contributed by atoms with E-state index in [0.717, 1.165) is 18.4 Å². The topological polar surface area (TPSA) is 119 Å². The molecule has 4 N–H and O–H groups in total. The largest absolute Gasteiger partial charge is 0.388 e. The van der Waals surface area contributed by atoms with E-state index in [0.29, 0.717) is 42.3 Å². The minimum absolute atomic E-state index is 0.365. The monoisotopic (exact) mass is 441 g/mol. The van der Waals surface area contributed by atoms with Gasteiger partial charge in [-0.2, -0.15) is 0 Å². The molecule has 0 unspecified atom stereocenters. The van der Waals surface area contributed by atoms with Crippen LogP contribution in [0, 0.1) is 0 Å². The number of allylic oxidation sites excluding steroid dienone is 2. The molecule has 0 aliphatic carbocycles. The van der Waals surface area contributed by atoms with Crippen LogP contribution in [0.2, 0.25) is 0 Å². The zero-order chi connectivity index (χ0) is 24.2. The summed E-state index contributed by atoms with van der Waals surface area (Å²) in [6.07, 6.45) is 10.5. The number of nitrogens with zero attached hydrogens (tertiary/aromatic N) is 2. The van der Waals surface area contributed by atoms with Crippen LogP contribution in [0.25, 0.3) is 0 Å². The van der Waals surface area contributed by atoms with Gasteiger partial charge in [-0.05, 0) is 37.5 Å². The van der Waals surface area contributed by atoms with Crippen LogP contribution in [0.4, 0.5) is 11.6 Å². The lowest BCUT2D eigenvalue weighted by molar-refractivity contribution is -0.105. The van der Waals surface area contributed by atoms with Gasteiger partial charge in [0, 0.05) is 32.7 Å². The Morgan fingerprint density at radius 2 is 2.00 bits per heavy atom. The molecule has 0 spiro atoms. The summed E-state index contributed by atoms with van der Waals surface area (Å²) >= 11 is 0. The number of ether oxygens (including phenoxy) is 1. The molecule has 2 rings (SSSR count). The molecule has 0 radical (unpaired) electrons. The average molecular weight is 442 g/mol. The van der Waals surface area contributed by atoms with E-state index in [1.165, 1.54) is 0 Å². The number of carbonyl (C=O) groups excluding carboxylic acids is 2. The predicted octanol–water partition coefficient (Wildman–Crippen LogP) is 3.96. The first-order chi connectivity index (χ1) is 15.5.